The molecule has 0 spiro atoms. The number of halogens is 2. The number of alkyl halides is 2. The number of nitrogens with one attached hydrogen (secondary N) is 2. The second kappa shape index (κ2) is 9.32. The first-order valence-electron chi connectivity index (χ1n) is 8.92. The largest absolute Gasteiger partial charge is 0.435 e. The van der Waals surface area contributed by atoms with E-state index in [9.17, 15) is 22.0 Å². The van der Waals surface area contributed by atoms with E-state index in [1.54, 1.807) is 32.9 Å². The molecule has 9 heteroatoms. The summed E-state index contributed by atoms with van der Waals surface area (Å²) in [6.45, 7) is 2.69. The number of sulfonamides is 1. The monoisotopic (exact) mass is 426 g/mol. The zero-order chi connectivity index (χ0) is 21.7. The van der Waals surface area contributed by atoms with Gasteiger partial charge in [0.2, 0.25) is 10.0 Å². The van der Waals surface area contributed by atoms with Crippen molar-refractivity contribution in [1.29, 1.82) is 0 Å². The molecule has 0 aliphatic rings. The normalized spacial score (nSPS) is 12.1. The summed E-state index contributed by atoms with van der Waals surface area (Å²) in [7, 11) is -3.66. The van der Waals surface area contributed by atoms with Crippen LogP contribution < -0.4 is 14.8 Å². The van der Waals surface area contributed by atoms with Gasteiger partial charge >= 0.3 is 6.61 Å². The average Bonchev–Trinajstić information content (AvgIpc) is 2.61. The molecule has 29 heavy (non-hydrogen) atoms. The highest BCUT2D eigenvalue weighted by Crippen LogP contribution is 2.16. The Hall–Kier alpha value is -2.52. The number of amides is 1. The summed E-state index contributed by atoms with van der Waals surface area (Å²) in [5.41, 5.74) is 0.570. The predicted octanol–water partition coefficient (Wildman–Crippen LogP) is 3.34. The van der Waals surface area contributed by atoms with E-state index in [0.29, 0.717) is 18.5 Å². The van der Waals surface area contributed by atoms with Crippen LogP contribution in [0.4, 0.5) is 8.78 Å². The van der Waals surface area contributed by atoms with E-state index in [1.807, 2.05) is 0 Å². The highest BCUT2D eigenvalue weighted by atomic mass is 32.2. The molecular formula is C20H24F2N2O4S. The summed E-state index contributed by atoms with van der Waals surface area (Å²) < 4.78 is 55.6. The van der Waals surface area contributed by atoms with Gasteiger partial charge in [-0.1, -0.05) is 12.1 Å². The lowest BCUT2D eigenvalue weighted by Gasteiger charge is -2.20. The third kappa shape index (κ3) is 7.43. The van der Waals surface area contributed by atoms with Crippen molar-refractivity contribution in [2.24, 2.45) is 0 Å². The summed E-state index contributed by atoms with van der Waals surface area (Å²) >= 11 is 0. The summed E-state index contributed by atoms with van der Waals surface area (Å²) in [6, 6.07) is 11.8. The van der Waals surface area contributed by atoms with Gasteiger partial charge in [-0.05, 0) is 69.2 Å². The van der Waals surface area contributed by atoms with E-state index in [2.05, 4.69) is 14.8 Å². The summed E-state index contributed by atoms with van der Waals surface area (Å²) in [4.78, 5) is 12.3. The molecule has 158 valence electrons. The van der Waals surface area contributed by atoms with Gasteiger partial charge in [0.25, 0.3) is 5.91 Å². The van der Waals surface area contributed by atoms with Crippen LogP contribution in [0.25, 0.3) is 0 Å². The number of ether oxygens (including phenoxy) is 1. The van der Waals surface area contributed by atoms with Crippen molar-refractivity contribution in [2.45, 2.75) is 44.2 Å². The maximum absolute atomic E-state index is 12.3. The number of hydrogen-bond acceptors (Lipinski definition) is 4. The lowest BCUT2D eigenvalue weighted by molar-refractivity contribution is -0.0498. The van der Waals surface area contributed by atoms with Gasteiger partial charge in [-0.3, -0.25) is 4.79 Å². The molecule has 1 amide bonds. The highest BCUT2D eigenvalue weighted by Gasteiger charge is 2.22. The van der Waals surface area contributed by atoms with Crippen LogP contribution >= 0.6 is 0 Å². The molecule has 0 unspecified atom stereocenters. The number of hydrogen-bond donors (Lipinski definition) is 2. The molecule has 0 heterocycles. The molecular weight excluding hydrogens is 402 g/mol. The highest BCUT2D eigenvalue weighted by molar-refractivity contribution is 7.89. The van der Waals surface area contributed by atoms with Crippen LogP contribution in [0.5, 0.6) is 5.75 Å². The Morgan fingerprint density at radius 2 is 1.62 bits per heavy atom. The van der Waals surface area contributed by atoms with Crippen molar-refractivity contribution in [3.8, 4) is 5.75 Å². The van der Waals surface area contributed by atoms with Gasteiger partial charge in [0.1, 0.15) is 5.75 Å². The van der Waals surface area contributed by atoms with Crippen molar-refractivity contribution < 1.29 is 26.7 Å². The number of benzene rings is 2. The van der Waals surface area contributed by atoms with Crippen molar-refractivity contribution in [3.05, 3.63) is 59.7 Å². The topological polar surface area (TPSA) is 84.5 Å². The molecule has 2 rings (SSSR count). The van der Waals surface area contributed by atoms with Gasteiger partial charge in [-0.25, -0.2) is 13.1 Å². The summed E-state index contributed by atoms with van der Waals surface area (Å²) in [5, 5.41) is 2.74. The second-order valence-electron chi connectivity index (χ2n) is 7.41. The minimum absolute atomic E-state index is 0.0729. The summed E-state index contributed by atoms with van der Waals surface area (Å²) in [5.74, 6) is -0.265. The zero-order valence-electron chi connectivity index (χ0n) is 16.4. The number of carbonyl (C=O) groups excluding carboxylic acids is 1. The third-order valence-corrected chi connectivity index (χ3v) is 5.49. The van der Waals surface area contributed by atoms with E-state index in [0.717, 1.165) is 5.56 Å². The number of carbonyl (C=O) groups is 1. The molecule has 2 N–H and O–H groups in total. The minimum Gasteiger partial charge on any atom is -0.435 e. The molecule has 0 saturated heterocycles. The fourth-order valence-corrected chi connectivity index (χ4v) is 3.93. The first-order chi connectivity index (χ1) is 13.5. The molecule has 0 radical (unpaired) electrons. The van der Waals surface area contributed by atoms with E-state index in [4.69, 9.17) is 0 Å². The molecule has 6 nitrogen and oxygen atoms in total. The fourth-order valence-electron chi connectivity index (χ4n) is 2.51. The Balaban J connectivity index is 1.89. The predicted molar refractivity (Wildman–Crippen MR) is 106 cm³/mol. The maximum atomic E-state index is 12.3. The molecule has 0 fully saturated rings. The Labute approximate surface area is 169 Å². The van der Waals surface area contributed by atoms with Crippen LogP contribution in [0.2, 0.25) is 0 Å². The van der Waals surface area contributed by atoms with Gasteiger partial charge in [-0.15, -0.1) is 0 Å². The maximum Gasteiger partial charge on any atom is 0.387 e. The SMILES string of the molecule is CC(C)(C)NS(=O)(=O)c1ccc(C(=O)NCCc2ccc(OC(F)F)cc2)cc1. The third-order valence-electron chi connectivity index (χ3n) is 3.72. The molecule has 0 bridgehead atoms. The van der Waals surface area contributed by atoms with Gasteiger partial charge in [0.15, 0.2) is 0 Å². The van der Waals surface area contributed by atoms with Gasteiger partial charge in [0.05, 0.1) is 4.90 Å². The van der Waals surface area contributed by atoms with Crippen molar-refractivity contribution >= 4 is 15.9 Å². The lowest BCUT2D eigenvalue weighted by atomic mass is 10.1. The molecule has 0 aromatic heterocycles. The van der Waals surface area contributed by atoms with E-state index >= 15 is 0 Å². The van der Waals surface area contributed by atoms with Gasteiger partial charge in [0, 0.05) is 17.6 Å². The summed E-state index contributed by atoms with van der Waals surface area (Å²) in [6.07, 6.45) is 0.503. The Morgan fingerprint density at radius 3 is 2.14 bits per heavy atom. The van der Waals surface area contributed by atoms with Crippen LogP contribution in [-0.4, -0.2) is 33.0 Å². The molecule has 2 aromatic carbocycles. The molecule has 2 aromatic rings. The van der Waals surface area contributed by atoms with Crippen LogP contribution in [-0.2, 0) is 16.4 Å². The van der Waals surface area contributed by atoms with E-state index < -0.39 is 22.2 Å². The van der Waals surface area contributed by atoms with Crippen molar-refractivity contribution in [3.63, 3.8) is 0 Å². The zero-order valence-corrected chi connectivity index (χ0v) is 17.2. The minimum atomic E-state index is -3.66. The smallest absolute Gasteiger partial charge is 0.387 e. The van der Waals surface area contributed by atoms with Gasteiger partial charge in [-0.2, -0.15) is 8.78 Å². The second-order valence-corrected chi connectivity index (χ2v) is 9.09. The number of rotatable bonds is 8. The van der Waals surface area contributed by atoms with Crippen molar-refractivity contribution in [2.75, 3.05) is 6.54 Å². The molecule has 0 saturated carbocycles. The fraction of sp³-hybridized carbons (Fsp3) is 0.350. The van der Waals surface area contributed by atoms with Crippen LogP contribution in [0.3, 0.4) is 0 Å². The van der Waals surface area contributed by atoms with Crippen LogP contribution in [0, 0.1) is 0 Å². The first kappa shape index (κ1) is 22.8. The Kier molecular flexibility index (Phi) is 7.32. The molecule has 0 aliphatic heterocycles. The Morgan fingerprint density at radius 1 is 1.03 bits per heavy atom. The van der Waals surface area contributed by atoms with Gasteiger partial charge < -0.3 is 10.1 Å². The molecule has 0 atom stereocenters. The lowest BCUT2D eigenvalue weighted by Crippen LogP contribution is -2.40. The van der Waals surface area contributed by atoms with Crippen LogP contribution in [0.15, 0.2) is 53.4 Å². The first-order valence-corrected chi connectivity index (χ1v) is 10.4. The average molecular weight is 426 g/mol. The van der Waals surface area contributed by atoms with Crippen molar-refractivity contribution in [1.82, 2.24) is 10.0 Å². The van der Waals surface area contributed by atoms with Crippen LogP contribution in [0.1, 0.15) is 36.7 Å². The quantitative estimate of drug-likeness (QED) is 0.678. The Bertz CT molecular complexity index is 922. The molecule has 0 aliphatic carbocycles. The van der Waals surface area contributed by atoms with E-state index in [1.165, 1.54) is 36.4 Å². The van der Waals surface area contributed by atoms with E-state index in [-0.39, 0.29) is 16.6 Å². The standard InChI is InChI=1S/C20H24F2N2O4S/c1-20(2,3)24-29(26,27)17-10-6-15(7-11-17)18(25)23-13-12-14-4-8-16(9-5-14)28-19(21)22/h4-11,19,24H,12-13H2,1-3H3,(H,23,25).